The number of hydrogen-bond acceptors (Lipinski definition) is 3. The van der Waals surface area contributed by atoms with Crippen LogP contribution in [0.25, 0.3) is 16.7 Å². The van der Waals surface area contributed by atoms with Gasteiger partial charge >= 0.3 is 0 Å². The Morgan fingerprint density at radius 1 is 1.07 bits per heavy atom. The maximum atomic E-state index is 9.63. The molecule has 0 aliphatic heterocycles. The molecule has 2 aromatic rings. The fraction of sp³-hybridized carbons (Fsp3) is 0.458. The number of aliphatic hydroxyl groups excluding tert-OH is 1. The molecule has 0 spiro atoms. The van der Waals surface area contributed by atoms with E-state index in [1.165, 1.54) is 0 Å². The molecular formula is C24H37NO2. The molecule has 2 rings (SSSR count). The third-order valence-electron chi connectivity index (χ3n) is 4.19. The number of hydrogen-bond donors (Lipinski definition) is 1. The molecule has 0 saturated carbocycles. The maximum absolute atomic E-state index is 9.63. The summed E-state index contributed by atoms with van der Waals surface area (Å²) in [5.41, 5.74) is 5.56. The van der Waals surface area contributed by atoms with Crippen molar-refractivity contribution in [1.82, 2.24) is 4.98 Å². The van der Waals surface area contributed by atoms with Crippen LogP contribution in [0.1, 0.15) is 65.4 Å². The van der Waals surface area contributed by atoms with Crippen molar-refractivity contribution in [3.8, 4) is 16.9 Å². The third-order valence-corrected chi connectivity index (χ3v) is 4.19. The van der Waals surface area contributed by atoms with Crippen LogP contribution < -0.4 is 4.74 Å². The average Bonchev–Trinajstić information content (AvgIpc) is 2.70. The average molecular weight is 372 g/mol. The van der Waals surface area contributed by atoms with Crippen molar-refractivity contribution in [2.24, 2.45) is 0 Å². The van der Waals surface area contributed by atoms with Crippen molar-refractivity contribution in [1.29, 1.82) is 0 Å². The van der Waals surface area contributed by atoms with Gasteiger partial charge in [0.15, 0.2) is 0 Å². The van der Waals surface area contributed by atoms with Gasteiger partial charge in [0.1, 0.15) is 5.75 Å². The van der Waals surface area contributed by atoms with Gasteiger partial charge in [0.05, 0.1) is 19.4 Å². The lowest BCUT2D eigenvalue weighted by Crippen LogP contribution is -2.22. The number of aromatic nitrogens is 1. The van der Waals surface area contributed by atoms with Crippen LogP contribution in [0.5, 0.6) is 5.75 Å². The SMILES string of the molecule is C=C(C)c1ccc(-c2cc(C(C)(C)CO)ccc2OC)c(C)n1.CC.CC. The zero-order valence-corrected chi connectivity index (χ0v) is 18.6. The molecule has 0 saturated heterocycles. The number of benzene rings is 1. The molecule has 0 fully saturated rings. The molecule has 0 bridgehead atoms. The quantitative estimate of drug-likeness (QED) is 0.659. The minimum atomic E-state index is -0.306. The number of pyridine rings is 1. The van der Waals surface area contributed by atoms with Crippen LogP contribution in [-0.4, -0.2) is 23.8 Å². The van der Waals surface area contributed by atoms with Crippen molar-refractivity contribution in [3.63, 3.8) is 0 Å². The molecule has 150 valence electrons. The molecule has 0 unspecified atom stereocenters. The van der Waals surface area contributed by atoms with Crippen molar-refractivity contribution in [3.05, 3.63) is 53.9 Å². The Bertz CT molecular complexity index is 733. The molecule has 0 aliphatic rings. The molecule has 1 N–H and O–H groups in total. The lowest BCUT2D eigenvalue weighted by molar-refractivity contribution is 0.218. The van der Waals surface area contributed by atoms with E-state index in [4.69, 9.17) is 4.74 Å². The first kappa shape index (κ1) is 24.9. The largest absolute Gasteiger partial charge is 0.496 e. The van der Waals surface area contributed by atoms with Gasteiger partial charge in [-0.15, -0.1) is 0 Å². The van der Waals surface area contributed by atoms with Gasteiger partial charge in [0.25, 0.3) is 0 Å². The minimum absolute atomic E-state index is 0.0879. The van der Waals surface area contributed by atoms with E-state index in [1.54, 1.807) is 7.11 Å². The van der Waals surface area contributed by atoms with E-state index in [2.05, 4.69) is 23.7 Å². The summed E-state index contributed by atoms with van der Waals surface area (Å²) in [5, 5.41) is 9.63. The summed E-state index contributed by atoms with van der Waals surface area (Å²) in [4.78, 5) is 4.63. The molecule has 1 heterocycles. The van der Waals surface area contributed by atoms with Gasteiger partial charge in [-0.25, -0.2) is 0 Å². The lowest BCUT2D eigenvalue weighted by atomic mass is 9.84. The molecule has 0 atom stereocenters. The Balaban J connectivity index is 0.00000158. The van der Waals surface area contributed by atoms with E-state index < -0.39 is 0 Å². The van der Waals surface area contributed by atoms with E-state index in [0.717, 1.165) is 39.4 Å². The highest BCUT2D eigenvalue weighted by Gasteiger charge is 2.21. The first-order valence-electron chi connectivity index (χ1n) is 9.73. The summed E-state index contributed by atoms with van der Waals surface area (Å²) >= 11 is 0. The molecule has 1 aromatic heterocycles. The molecule has 0 aliphatic carbocycles. The van der Waals surface area contributed by atoms with Gasteiger partial charge in [-0.3, -0.25) is 4.98 Å². The van der Waals surface area contributed by atoms with Crippen LogP contribution in [0.3, 0.4) is 0 Å². The molecule has 0 radical (unpaired) electrons. The number of aryl methyl sites for hydroxylation is 1. The van der Waals surface area contributed by atoms with E-state index in [1.807, 2.05) is 73.6 Å². The second kappa shape index (κ2) is 11.6. The van der Waals surface area contributed by atoms with Gasteiger partial charge < -0.3 is 9.84 Å². The van der Waals surface area contributed by atoms with Gasteiger partial charge in [0.2, 0.25) is 0 Å². The van der Waals surface area contributed by atoms with Crippen LogP contribution in [0.15, 0.2) is 36.9 Å². The number of allylic oxidation sites excluding steroid dienone is 1. The monoisotopic (exact) mass is 371 g/mol. The number of rotatable bonds is 5. The topological polar surface area (TPSA) is 42.4 Å². The summed E-state index contributed by atoms with van der Waals surface area (Å²) in [6.07, 6.45) is 0. The van der Waals surface area contributed by atoms with Crippen LogP contribution in [-0.2, 0) is 5.41 Å². The zero-order valence-electron chi connectivity index (χ0n) is 18.6. The van der Waals surface area contributed by atoms with Crippen LogP contribution in [0.4, 0.5) is 0 Å². The predicted octanol–water partition coefficient (Wildman–Crippen LogP) is 6.42. The predicted molar refractivity (Wildman–Crippen MR) is 118 cm³/mol. The van der Waals surface area contributed by atoms with Crippen LogP contribution >= 0.6 is 0 Å². The van der Waals surface area contributed by atoms with E-state index in [-0.39, 0.29) is 12.0 Å². The second-order valence-electron chi connectivity index (χ2n) is 6.57. The first-order chi connectivity index (χ1) is 12.8. The van der Waals surface area contributed by atoms with Gasteiger partial charge in [-0.2, -0.15) is 0 Å². The third kappa shape index (κ3) is 6.21. The highest BCUT2D eigenvalue weighted by Crippen LogP contribution is 2.36. The number of methoxy groups -OCH3 is 1. The van der Waals surface area contributed by atoms with Crippen molar-refractivity contribution in [2.45, 2.75) is 60.8 Å². The fourth-order valence-corrected chi connectivity index (χ4v) is 2.51. The number of aliphatic hydroxyl groups is 1. The Labute approximate surface area is 166 Å². The first-order valence-corrected chi connectivity index (χ1v) is 9.73. The van der Waals surface area contributed by atoms with Crippen molar-refractivity contribution < 1.29 is 9.84 Å². The standard InChI is InChI=1S/C20H25NO2.2C2H6/c1-13(2)18-9-8-16(14(3)21-18)17-11-15(20(4,5)12-22)7-10-19(17)23-6;2*1-2/h7-11,22H,1,12H2,2-6H3;2*1-2H3. The number of nitrogens with zero attached hydrogens (tertiary/aromatic N) is 1. The zero-order chi connectivity index (χ0) is 21.2. The summed E-state index contributed by atoms with van der Waals surface area (Å²) in [5.74, 6) is 0.801. The Morgan fingerprint density at radius 2 is 1.67 bits per heavy atom. The summed E-state index contributed by atoms with van der Waals surface area (Å²) in [6.45, 7) is 20.0. The maximum Gasteiger partial charge on any atom is 0.126 e. The van der Waals surface area contributed by atoms with Gasteiger partial charge in [-0.1, -0.05) is 60.3 Å². The molecule has 0 amide bonds. The van der Waals surface area contributed by atoms with E-state index in [0.29, 0.717) is 0 Å². The smallest absolute Gasteiger partial charge is 0.126 e. The molecular weight excluding hydrogens is 334 g/mol. The minimum Gasteiger partial charge on any atom is -0.496 e. The van der Waals surface area contributed by atoms with Crippen molar-refractivity contribution in [2.75, 3.05) is 13.7 Å². The van der Waals surface area contributed by atoms with Crippen molar-refractivity contribution >= 4 is 5.57 Å². The van der Waals surface area contributed by atoms with E-state index >= 15 is 0 Å². The summed E-state index contributed by atoms with van der Waals surface area (Å²) in [6, 6.07) is 10.1. The molecule has 27 heavy (non-hydrogen) atoms. The van der Waals surface area contributed by atoms with E-state index in [9.17, 15) is 5.11 Å². The highest BCUT2D eigenvalue weighted by atomic mass is 16.5. The Kier molecular flexibility index (Phi) is 10.6. The Morgan fingerprint density at radius 3 is 2.11 bits per heavy atom. The Hall–Kier alpha value is -2.13. The summed E-state index contributed by atoms with van der Waals surface area (Å²) in [7, 11) is 1.67. The van der Waals surface area contributed by atoms with Crippen LogP contribution in [0.2, 0.25) is 0 Å². The van der Waals surface area contributed by atoms with Gasteiger partial charge in [-0.05, 0) is 43.2 Å². The molecule has 3 nitrogen and oxygen atoms in total. The molecule has 3 heteroatoms. The lowest BCUT2D eigenvalue weighted by Gasteiger charge is -2.24. The molecule has 1 aromatic carbocycles. The summed E-state index contributed by atoms with van der Waals surface area (Å²) < 4.78 is 5.53. The highest BCUT2D eigenvalue weighted by molar-refractivity contribution is 5.74. The van der Waals surface area contributed by atoms with Crippen LogP contribution in [0, 0.1) is 6.92 Å². The normalized spacial score (nSPS) is 10.1. The second-order valence-corrected chi connectivity index (χ2v) is 6.57. The van der Waals surface area contributed by atoms with Gasteiger partial charge in [0, 0.05) is 22.2 Å². The number of ether oxygens (including phenoxy) is 1. The fourth-order valence-electron chi connectivity index (χ4n) is 2.51.